The number of sulfone groups is 1. The fraction of sp³-hybridized carbons (Fsp3) is 0.429. The zero-order valence-corrected chi connectivity index (χ0v) is 24.1. The van der Waals surface area contributed by atoms with Crippen LogP contribution in [0.5, 0.6) is 5.75 Å². The molecule has 2 heterocycles. The van der Waals surface area contributed by atoms with Gasteiger partial charge in [0.15, 0.2) is 15.7 Å². The second kappa shape index (κ2) is 11.9. The number of nitrogens with zero attached hydrogens (tertiary/aromatic N) is 2. The molecular formula is C28H36ClN5O3S. The maximum atomic E-state index is 12.6. The Morgan fingerprint density at radius 3 is 2.50 bits per heavy atom. The van der Waals surface area contributed by atoms with Crippen LogP contribution in [0, 0.1) is 6.92 Å². The lowest BCUT2D eigenvalue weighted by Gasteiger charge is -2.26. The molecule has 38 heavy (non-hydrogen) atoms. The molecule has 3 aromatic rings. The van der Waals surface area contributed by atoms with Crippen LogP contribution in [0.2, 0.25) is 5.02 Å². The Labute approximate surface area is 230 Å². The van der Waals surface area contributed by atoms with Gasteiger partial charge in [-0.25, -0.2) is 13.4 Å². The first-order valence-electron chi connectivity index (χ1n) is 13.0. The van der Waals surface area contributed by atoms with Gasteiger partial charge in [0.2, 0.25) is 5.95 Å². The number of piperidine rings is 1. The van der Waals surface area contributed by atoms with E-state index in [0.717, 1.165) is 37.4 Å². The van der Waals surface area contributed by atoms with Crippen LogP contribution in [0.25, 0.3) is 0 Å². The Morgan fingerprint density at radius 2 is 1.82 bits per heavy atom. The average molecular weight is 558 g/mol. The van der Waals surface area contributed by atoms with Gasteiger partial charge in [0.25, 0.3) is 0 Å². The lowest BCUT2D eigenvalue weighted by Crippen LogP contribution is -2.27. The summed E-state index contributed by atoms with van der Waals surface area (Å²) in [6, 6.07) is 10.8. The van der Waals surface area contributed by atoms with Gasteiger partial charge in [-0.05, 0) is 108 Å². The van der Waals surface area contributed by atoms with E-state index in [1.165, 1.54) is 17.3 Å². The van der Waals surface area contributed by atoms with Crippen LogP contribution in [0.1, 0.15) is 57.6 Å². The fourth-order valence-corrected chi connectivity index (χ4v) is 5.76. The monoisotopic (exact) mass is 557 g/mol. The minimum Gasteiger partial charge on any atom is -0.489 e. The van der Waals surface area contributed by atoms with Crippen molar-refractivity contribution in [3.8, 4) is 5.75 Å². The molecule has 0 unspecified atom stereocenters. The molecule has 204 valence electrons. The van der Waals surface area contributed by atoms with Crippen molar-refractivity contribution in [2.75, 3.05) is 23.7 Å². The Balaban J connectivity index is 1.62. The lowest BCUT2D eigenvalue weighted by atomic mass is 9.87. The molecule has 1 aliphatic rings. The van der Waals surface area contributed by atoms with E-state index in [1.807, 2.05) is 13.8 Å². The van der Waals surface area contributed by atoms with E-state index < -0.39 is 15.1 Å². The highest BCUT2D eigenvalue weighted by Crippen LogP contribution is 2.37. The fourth-order valence-electron chi connectivity index (χ4n) is 4.52. The summed E-state index contributed by atoms with van der Waals surface area (Å²) in [5, 5.41) is 9.65. The average Bonchev–Trinajstić information content (AvgIpc) is 2.88. The smallest absolute Gasteiger partial charge is 0.229 e. The highest BCUT2D eigenvalue weighted by Gasteiger charge is 2.21. The van der Waals surface area contributed by atoms with Gasteiger partial charge < -0.3 is 20.7 Å². The molecule has 0 spiro atoms. The Kier molecular flexibility index (Phi) is 8.80. The van der Waals surface area contributed by atoms with E-state index >= 15 is 0 Å². The van der Waals surface area contributed by atoms with Crippen LogP contribution < -0.4 is 20.7 Å². The molecule has 1 aromatic heterocycles. The summed E-state index contributed by atoms with van der Waals surface area (Å²) in [5.41, 5.74) is 3.82. The molecular weight excluding hydrogens is 522 g/mol. The molecule has 0 atom stereocenters. The van der Waals surface area contributed by atoms with Crippen LogP contribution in [-0.4, -0.2) is 42.8 Å². The third-order valence-electron chi connectivity index (χ3n) is 6.55. The molecule has 8 nitrogen and oxygen atoms in total. The largest absolute Gasteiger partial charge is 0.489 e. The van der Waals surface area contributed by atoms with Gasteiger partial charge in [0, 0.05) is 5.69 Å². The van der Waals surface area contributed by atoms with Crippen LogP contribution >= 0.6 is 11.6 Å². The van der Waals surface area contributed by atoms with Gasteiger partial charge >= 0.3 is 0 Å². The van der Waals surface area contributed by atoms with E-state index in [9.17, 15) is 8.42 Å². The van der Waals surface area contributed by atoms with Crippen molar-refractivity contribution in [3.05, 3.63) is 58.7 Å². The molecule has 1 aliphatic heterocycles. The van der Waals surface area contributed by atoms with Gasteiger partial charge in [-0.2, -0.15) is 4.98 Å². The second-order valence-corrected chi connectivity index (χ2v) is 13.1. The van der Waals surface area contributed by atoms with Gasteiger partial charge in [0.1, 0.15) is 10.8 Å². The van der Waals surface area contributed by atoms with Gasteiger partial charge in [0.05, 0.1) is 28.1 Å². The van der Waals surface area contributed by atoms with Crippen LogP contribution in [0.3, 0.4) is 0 Å². The summed E-state index contributed by atoms with van der Waals surface area (Å²) in [6.45, 7) is 11.5. The van der Waals surface area contributed by atoms with E-state index in [-0.39, 0.29) is 11.0 Å². The van der Waals surface area contributed by atoms with Crippen molar-refractivity contribution >= 4 is 44.6 Å². The van der Waals surface area contributed by atoms with Gasteiger partial charge in [-0.3, -0.25) is 0 Å². The normalized spacial score (nSPS) is 14.6. The summed E-state index contributed by atoms with van der Waals surface area (Å²) < 4.78 is 31.4. The first kappa shape index (κ1) is 28.1. The van der Waals surface area contributed by atoms with Crippen molar-refractivity contribution in [1.29, 1.82) is 0 Å². The minimum absolute atomic E-state index is 0.00288. The maximum absolute atomic E-state index is 12.6. The van der Waals surface area contributed by atoms with Gasteiger partial charge in [-0.1, -0.05) is 17.7 Å². The zero-order valence-electron chi connectivity index (χ0n) is 22.5. The minimum atomic E-state index is -3.42. The second-order valence-electron chi connectivity index (χ2n) is 10.2. The summed E-state index contributed by atoms with van der Waals surface area (Å²) >= 11 is 6.40. The summed E-state index contributed by atoms with van der Waals surface area (Å²) in [7, 11) is -3.42. The highest BCUT2D eigenvalue weighted by atomic mass is 35.5. The van der Waals surface area contributed by atoms with E-state index in [1.54, 1.807) is 38.1 Å². The number of benzene rings is 2. The molecule has 10 heteroatoms. The molecule has 4 rings (SSSR count). The van der Waals surface area contributed by atoms with Gasteiger partial charge in [-0.15, -0.1) is 0 Å². The number of halogens is 1. The molecule has 0 amide bonds. The SMILES string of the molecule is Cc1cc(Nc2ncc(Cl)c(Nc3cccc(S(=O)(=O)C(C)C)c3)n2)c(OC(C)C)cc1C1CCNCC1. The molecule has 0 aliphatic carbocycles. The molecule has 0 bridgehead atoms. The number of anilines is 4. The number of aryl methyl sites for hydroxylation is 1. The topological polar surface area (TPSA) is 105 Å². The Bertz CT molecular complexity index is 1390. The standard InChI is InChI=1S/C28H36ClN5O3S/c1-17(2)37-26-15-23(20-9-11-30-12-10-20)19(5)13-25(26)33-28-31-16-24(29)27(34-28)32-21-7-6-8-22(14-21)38(35,36)18(3)4/h6-8,13-18,20,30H,9-12H2,1-5H3,(H2,31,32,33,34). The molecule has 0 radical (unpaired) electrons. The van der Waals surface area contributed by atoms with Crippen LogP contribution in [0.15, 0.2) is 47.5 Å². The lowest BCUT2D eigenvalue weighted by molar-refractivity contribution is 0.243. The molecule has 0 saturated carbocycles. The third-order valence-corrected chi connectivity index (χ3v) is 8.98. The third kappa shape index (κ3) is 6.57. The van der Waals surface area contributed by atoms with Crippen molar-refractivity contribution in [2.24, 2.45) is 0 Å². The first-order valence-corrected chi connectivity index (χ1v) is 14.9. The molecule has 3 N–H and O–H groups in total. The summed E-state index contributed by atoms with van der Waals surface area (Å²) in [6.07, 6.45) is 3.71. The van der Waals surface area contributed by atoms with E-state index in [0.29, 0.717) is 28.4 Å². The number of hydrogen-bond acceptors (Lipinski definition) is 8. The van der Waals surface area contributed by atoms with Crippen molar-refractivity contribution < 1.29 is 13.2 Å². The summed E-state index contributed by atoms with van der Waals surface area (Å²) in [5.74, 6) is 1.94. The van der Waals surface area contributed by atoms with Crippen LogP contribution in [-0.2, 0) is 9.84 Å². The molecule has 1 saturated heterocycles. The number of nitrogens with one attached hydrogen (secondary N) is 3. The zero-order chi connectivity index (χ0) is 27.4. The Morgan fingerprint density at radius 1 is 1.08 bits per heavy atom. The maximum Gasteiger partial charge on any atom is 0.229 e. The number of rotatable bonds is 9. The molecule has 1 fully saturated rings. The molecule has 2 aromatic carbocycles. The number of hydrogen-bond donors (Lipinski definition) is 3. The highest BCUT2D eigenvalue weighted by molar-refractivity contribution is 7.92. The van der Waals surface area contributed by atoms with E-state index in [4.69, 9.17) is 16.3 Å². The Hall–Kier alpha value is -2.88. The number of aromatic nitrogens is 2. The number of ether oxygens (including phenoxy) is 1. The van der Waals surface area contributed by atoms with Crippen molar-refractivity contribution in [2.45, 2.75) is 69.6 Å². The summed E-state index contributed by atoms with van der Waals surface area (Å²) in [4.78, 5) is 9.17. The van der Waals surface area contributed by atoms with Crippen LogP contribution in [0.4, 0.5) is 23.1 Å². The predicted molar refractivity (Wildman–Crippen MR) is 154 cm³/mol. The van der Waals surface area contributed by atoms with Crippen molar-refractivity contribution in [1.82, 2.24) is 15.3 Å². The quantitative estimate of drug-likeness (QED) is 0.279. The first-order chi connectivity index (χ1) is 18.0. The van der Waals surface area contributed by atoms with Crippen molar-refractivity contribution in [3.63, 3.8) is 0 Å². The van der Waals surface area contributed by atoms with E-state index in [2.05, 4.69) is 45.0 Å². The predicted octanol–water partition coefficient (Wildman–Crippen LogP) is 6.36.